The molecule has 6 rings (SSSR count). The molecule has 3 aromatic rings. The number of rotatable bonds is 3. The highest BCUT2D eigenvalue weighted by atomic mass is 35.5. The van der Waals surface area contributed by atoms with E-state index in [0.29, 0.717) is 17.9 Å². The third-order valence-corrected chi connectivity index (χ3v) is 7.04. The summed E-state index contributed by atoms with van der Waals surface area (Å²) in [6, 6.07) is 11.2. The molecule has 0 spiro atoms. The van der Waals surface area contributed by atoms with Crippen LogP contribution in [0.25, 0.3) is 22.0 Å². The number of carbonyl (C=O) groups is 2. The molecule has 1 fully saturated rings. The monoisotopic (exact) mass is 481 g/mol. The lowest BCUT2D eigenvalue weighted by Gasteiger charge is -2.25. The predicted octanol–water partition coefficient (Wildman–Crippen LogP) is 4.19. The molecule has 1 unspecified atom stereocenters. The van der Waals surface area contributed by atoms with Gasteiger partial charge in [-0.3, -0.25) is 14.9 Å². The van der Waals surface area contributed by atoms with Crippen LogP contribution in [0.15, 0.2) is 42.6 Å². The van der Waals surface area contributed by atoms with Gasteiger partial charge in [0.25, 0.3) is 11.8 Å². The van der Waals surface area contributed by atoms with Crippen molar-refractivity contribution in [2.24, 2.45) is 0 Å². The maximum atomic E-state index is 15.2. The molecule has 34 heavy (non-hydrogen) atoms. The second-order valence-electron chi connectivity index (χ2n) is 9.03. The zero-order valence-electron chi connectivity index (χ0n) is 18.7. The van der Waals surface area contributed by atoms with Gasteiger partial charge in [0.1, 0.15) is 11.6 Å². The lowest BCUT2D eigenvalue weighted by atomic mass is 9.92. The fraction of sp³-hybridized carbons (Fsp3) is 0.308. The highest BCUT2D eigenvalue weighted by molar-refractivity contribution is 6.50. The van der Waals surface area contributed by atoms with Crippen molar-refractivity contribution < 1.29 is 18.7 Å². The molecule has 1 saturated heterocycles. The molecule has 8 heteroatoms. The molecule has 0 bridgehead atoms. The van der Waals surface area contributed by atoms with Crippen LogP contribution in [0.5, 0.6) is 5.75 Å². The first-order valence-corrected chi connectivity index (χ1v) is 11.4. The Morgan fingerprint density at radius 2 is 1.76 bits per heavy atom. The molecule has 3 aliphatic rings. The van der Waals surface area contributed by atoms with E-state index in [0.717, 1.165) is 42.4 Å². The van der Waals surface area contributed by atoms with Gasteiger partial charge in [-0.05, 0) is 38.1 Å². The lowest BCUT2D eigenvalue weighted by molar-refractivity contribution is -0.122. The molecule has 2 aromatic carbocycles. The van der Waals surface area contributed by atoms with Gasteiger partial charge in [-0.25, -0.2) is 4.39 Å². The average Bonchev–Trinajstić information content (AvgIpc) is 3.47. The molecule has 3 aliphatic heterocycles. The number of amides is 2. The van der Waals surface area contributed by atoms with Gasteiger partial charge < -0.3 is 14.6 Å². The van der Waals surface area contributed by atoms with Gasteiger partial charge in [0, 0.05) is 40.2 Å². The van der Waals surface area contributed by atoms with Gasteiger partial charge in [-0.1, -0.05) is 31.2 Å². The Morgan fingerprint density at radius 3 is 2.56 bits per heavy atom. The Balaban J connectivity index is 0.00000241. The number of hydrogen-bond acceptors (Lipinski definition) is 4. The van der Waals surface area contributed by atoms with Crippen molar-refractivity contribution in [2.75, 3.05) is 19.7 Å². The number of piperidine rings is 1. The van der Waals surface area contributed by atoms with Crippen LogP contribution in [0.1, 0.15) is 48.4 Å². The third kappa shape index (κ3) is 3.34. The highest BCUT2D eigenvalue weighted by Crippen LogP contribution is 2.45. The second-order valence-corrected chi connectivity index (χ2v) is 9.03. The summed E-state index contributed by atoms with van der Waals surface area (Å²) in [5.41, 5.74) is 2.83. The summed E-state index contributed by atoms with van der Waals surface area (Å²) in [5, 5.41) is 6.66. The van der Waals surface area contributed by atoms with E-state index in [1.165, 1.54) is 6.07 Å². The largest absolute Gasteiger partial charge is 0.492 e. The van der Waals surface area contributed by atoms with Crippen molar-refractivity contribution >= 4 is 46.3 Å². The summed E-state index contributed by atoms with van der Waals surface area (Å²) in [4.78, 5) is 26.1. The van der Waals surface area contributed by atoms with E-state index in [2.05, 4.69) is 15.2 Å². The molecular formula is C26H25ClFN3O3. The maximum absolute atomic E-state index is 15.2. The summed E-state index contributed by atoms with van der Waals surface area (Å²) in [6.07, 6.45) is 3.90. The Labute approximate surface area is 202 Å². The molecule has 2 amide bonds. The zero-order valence-corrected chi connectivity index (χ0v) is 19.5. The second kappa shape index (κ2) is 8.56. The van der Waals surface area contributed by atoms with Crippen LogP contribution in [0, 0.1) is 5.82 Å². The first-order valence-electron chi connectivity index (χ1n) is 11.4. The third-order valence-electron chi connectivity index (χ3n) is 7.04. The number of benzene rings is 2. The minimum absolute atomic E-state index is 0. The van der Waals surface area contributed by atoms with Crippen LogP contribution < -0.4 is 15.4 Å². The van der Waals surface area contributed by atoms with Crippen LogP contribution in [0.4, 0.5) is 4.39 Å². The van der Waals surface area contributed by atoms with Crippen LogP contribution >= 0.6 is 12.4 Å². The average molecular weight is 482 g/mol. The molecular weight excluding hydrogens is 457 g/mol. The van der Waals surface area contributed by atoms with Crippen molar-refractivity contribution in [3.8, 4) is 5.75 Å². The normalized spacial score (nSPS) is 20.4. The summed E-state index contributed by atoms with van der Waals surface area (Å²) in [5.74, 6) is -1.22. The van der Waals surface area contributed by atoms with Gasteiger partial charge in [0.2, 0.25) is 0 Å². The quantitative estimate of drug-likeness (QED) is 0.550. The molecule has 176 valence electrons. The number of halogens is 2. The fourth-order valence-electron chi connectivity index (χ4n) is 5.39. The molecule has 2 N–H and O–H groups in total. The topological polar surface area (TPSA) is 72.4 Å². The summed E-state index contributed by atoms with van der Waals surface area (Å²) in [7, 11) is 0. The van der Waals surface area contributed by atoms with Gasteiger partial charge >= 0.3 is 0 Å². The molecule has 4 heterocycles. The number of nitrogens with one attached hydrogen (secondary N) is 2. The molecule has 6 nitrogen and oxygen atoms in total. The number of nitrogens with zero attached hydrogens (tertiary/aromatic N) is 1. The van der Waals surface area contributed by atoms with E-state index in [1.54, 1.807) is 6.07 Å². The van der Waals surface area contributed by atoms with Crippen molar-refractivity contribution in [3.63, 3.8) is 0 Å². The number of fused-ring (bicyclic) bond motifs is 2. The number of imide groups is 1. The Bertz CT molecular complexity index is 1360. The number of carbonyl (C=O) groups excluding carboxylic acids is 2. The molecule has 0 radical (unpaired) electrons. The van der Waals surface area contributed by atoms with Crippen LogP contribution in [0.3, 0.4) is 0 Å². The highest BCUT2D eigenvalue weighted by Gasteiger charge is 2.39. The van der Waals surface area contributed by atoms with E-state index in [4.69, 9.17) is 4.74 Å². The SMILES string of the molecule is CC1COc2c1ccc(F)c2C1=C(c2cn(C3CCNCC3)c3ccccc23)C(=O)NC1=O.Cl. The predicted molar refractivity (Wildman–Crippen MR) is 131 cm³/mol. The Hall–Kier alpha value is -3.16. The minimum Gasteiger partial charge on any atom is -0.492 e. The zero-order chi connectivity index (χ0) is 22.7. The molecule has 1 atom stereocenters. The van der Waals surface area contributed by atoms with E-state index < -0.39 is 17.6 Å². The lowest BCUT2D eigenvalue weighted by Crippen LogP contribution is -2.29. The number of hydrogen-bond donors (Lipinski definition) is 2. The van der Waals surface area contributed by atoms with Crippen molar-refractivity contribution in [1.29, 1.82) is 0 Å². The molecule has 0 aliphatic carbocycles. The van der Waals surface area contributed by atoms with E-state index >= 15 is 4.39 Å². The van der Waals surface area contributed by atoms with Gasteiger partial charge in [0.15, 0.2) is 0 Å². The van der Waals surface area contributed by atoms with Gasteiger partial charge in [0.05, 0.1) is 23.3 Å². The minimum atomic E-state index is -0.593. The summed E-state index contributed by atoms with van der Waals surface area (Å²) >= 11 is 0. The fourth-order valence-corrected chi connectivity index (χ4v) is 5.39. The van der Waals surface area contributed by atoms with Crippen LogP contribution in [-0.2, 0) is 9.59 Å². The van der Waals surface area contributed by atoms with Gasteiger partial charge in [-0.15, -0.1) is 12.4 Å². The van der Waals surface area contributed by atoms with E-state index in [-0.39, 0.29) is 41.1 Å². The van der Waals surface area contributed by atoms with Crippen LogP contribution in [-0.4, -0.2) is 36.1 Å². The Kier molecular flexibility index (Phi) is 5.70. The maximum Gasteiger partial charge on any atom is 0.259 e. The Morgan fingerprint density at radius 1 is 1.03 bits per heavy atom. The van der Waals surface area contributed by atoms with E-state index in [1.807, 2.05) is 37.4 Å². The van der Waals surface area contributed by atoms with E-state index in [9.17, 15) is 9.59 Å². The van der Waals surface area contributed by atoms with Gasteiger partial charge in [-0.2, -0.15) is 0 Å². The summed E-state index contributed by atoms with van der Waals surface area (Å²) < 4.78 is 23.2. The van der Waals surface area contributed by atoms with Crippen LogP contribution in [0.2, 0.25) is 0 Å². The summed E-state index contributed by atoms with van der Waals surface area (Å²) in [6.45, 7) is 4.26. The molecule has 1 aromatic heterocycles. The standard InChI is InChI=1S/C26H24FN3O3.ClH/c1-14-13-33-24-16(14)6-7-19(27)22(24)23-21(25(31)29-26(23)32)18-12-30(15-8-10-28-11-9-15)20-5-3-2-4-17(18)20;/h2-7,12,14-15,28H,8-11,13H2,1H3,(H,29,31,32);1H. The number of aromatic nitrogens is 1. The first-order chi connectivity index (χ1) is 16.0. The first kappa shape index (κ1) is 22.6. The van der Waals surface area contributed by atoms with Crippen molar-refractivity contribution in [3.05, 3.63) is 65.1 Å². The van der Waals surface area contributed by atoms with Crippen molar-refractivity contribution in [1.82, 2.24) is 15.2 Å². The van der Waals surface area contributed by atoms with Crippen molar-refractivity contribution in [2.45, 2.75) is 31.7 Å². The number of para-hydroxylation sites is 1. The smallest absolute Gasteiger partial charge is 0.259 e. The molecule has 0 saturated carbocycles. The number of ether oxygens (including phenoxy) is 1.